The molecule has 2 rings (SSSR count). The van der Waals surface area contributed by atoms with Crippen molar-refractivity contribution in [1.29, 1.82) is 0 Å². The van der Waals surface area contributed by atoms with Crippen molar-refractivity contribution in [2.75, 3.05) is 13.2 Å². The summed E-state index contributed by atoms with van der Waals surface area (Å²) in [5, 5.41) is 0. The van der Waals surface area contributed by atoms with E-state index in [0.29, 0.717) is 26.3 Å². The molecule has 1 aliphatic heterocycles. The highest BCUT2D eigenvalue weighted by Crippen LogP contribution is 2.31. The van der Waals surface area contributed by atoms with Crippen LogP contribution in [-0.2, 0) is 24.2 Å². The molecule has 5 heteroatoms. The Kier molecular flexibility index (Phi) is 5.66. The standard InChI is InChI=1S/C17H26N2O3/c1-4-15-8-12-7-13(10-18)16(21-5-2)9-14(12)11-19(15)17(20)22-6-3/h7,9,15H,4-6,8,10-11,18H2,1-3H3. The molecule has 0 saturated carbocycles. The summed E-state index contributed by atoms with van der Waals surface area (Å²) in [6, 6.07) is 4.33. The van der Waals surface area contributed by atoms with Crippen LogP contribution in [0.5, 0.6) is 5.75 Å². The highest BCUT2D eigenvalue weighted by Gasteiger charge is 2.30. The second-order valence-corrected chi connectivity index (χ2v) is 5.46. The van der Waals surface area contributed by atoms with E-state index in [0.717, 1.165) is 29.7 Å². The number of rotatable bonds is 5. The summed E-state index contributed by atoms with van der Waals surface area (Å²) in [6.07, 6.45) is 1.51. The summed E-state index contributed by atoms with van der Waals surface area (Å²) in [5.41, 5.74) is 9.24. The highest BCUT2D eigenvalue weighted by atomic mass is 16.6. The Morgan fingerprint density at radius 3 is 2.64 bits per heavy atom. The molecule has 0 aliphatic carbocycles. The molecular formula is C17H26N2O3. The molecule has 5 nitrogen and oxygen atoms in total. The number of hydrogen-bond acceptors (Lipinski definition) is 4. The van der Waals surface area contributed by atoms with Crippen molar-refractivity contribution < 1.29 is 14.3 Å². The zero-order valence-electron chi connectivity index (χ0n) is 13.7. The Labute approximate surface area is 132 Å². The molecule has 0 aromatic heterocycles. The van der Waals surface area contributed by atoms with Crippen LogP contribution in [0.2, 0.25) is 0 Å². The number of carbonyl (C=O) groups excluding carboxylic acids is 1. The van der Waals surface area contributed by atoms with Gasteiger partial charge in [-0.15, -0.1) is 0 Å². The molecule has 0 fully saturated rings. The third-order valence-electron chi connectivity index (χ3n) is 4.11. The lowest BCUT2D eigenvalue weighted by Gasteiger charge is -2.36. The molecule has 1 aromatic carbocycles. The predicted octanol–water partition coefficient (Wildman–Crippen LogP) is 2.84. The van der Waals surface area contributed by atoms with Crippen molar-refractivity contribution in [3.63, 3.8) is 0 Å². The zero-order valence-corrected chi connectivity index (χ0v) is 13.7. The summed E-state index contributed by atoms with van der Waals surface area (Å²) in [7, 11) is 0. The first-order valence-electron chi connectivity index (χ1n) is 8.05. The molecule has 1 aromatic rings. The van der Waals surface area contributed by atoms with Crippen LogP contribution in [0.15, 0.2) is 12.1 Å². The van der Waals surface area contributed by atoms with Gasteiger partial charge in [0, 0.05) is 24.7 Å². The van der Waals surface area contributed by atoms with Gasteiger partial charge in [0.15, 0.2) is 0 Å². The molecule has 22 heavy (non-hydrogen) atoms. The Bertz CT molecular complexity index is 531. The van der Waals surface area contributed by atoms with Crippen LogP contribution in [0.3, 0.4) is 0 Å². The number of benzene rings is 1. The maximum Gasteiger partial charge on any atom is 0.410 e. The van der Waals surface area contributed by atoms with Crippen molar-refractivity contribution in [2.45, 2.75) is 52.7 Å². The van der Waals surface area contributed by atoms with Crippen LogP contribution in [0, 0.1) is 0 Å². The van der Waals surface area contributed by atoms with Gasteiger partial charge in [-0.25, -0.2) is 4.79 Å². The molecule has 122 valence electrons. The molecule has 2 N–H and O–H groups in total. The van der Waals surface area contributed by atoms with Crippen molar-refractivity contribution in [3.8, 4) is 5.75 Å². The minimum absolute atomic E-state index is 0.176. The second kappa shape index (κ2) is 7.49. The SMILES string of the molecule is CCOC(=O)N1Cc2cc(OCC)c(CN)cc2CC1CC. The molecule has 0 bridgehead atoms. The average Bonchev–Trinajstić information content (AvgIpc) is 2.53. The van der Waals surface area contributed by atoms with E-state index in [4.69, 9.17) is 15.2 Å². The monoisotopic (exact) mass is 306 g/mol. The fraction of sp³-hybridized carbons (Fsp3) is 0.588. The molecule has 0 radical (unpaired) electrons. The number of ether oxygens (including phenoxy) is 2. The third kappa shape index (κ3) is 3.35. The zero-order chi connectivity index (χ0) is 16.1. The van der Waals surface area contributed by atoms with E-state index in [-0.39, 0.29) is 12.1 Å². The Balaban J connectivity index is 2.33. The lowest BCUT2D eigenvalue weighted by atomic mass is 9.91. The molecule has 1 unspecified atom stereocenters. The van der Waals surface area contributed by atoms with Gasteiger partial charge in [0.1, 0.15) is 5.75 Å². The van der Waals surface area contributed by atoms with E-state index >= 15 is 0 Å². The smallest absolute Gasteiger partial charge is 0.410 e. The van der Waals surface area contributed by atoms with E-state index in [1.165, 1.54) is 5.56 Å². The van der Waals surface area contributed by atoms with Gasteiger partial charge in [0.05, 0.1) is 13.2 Å². The van der Waals surface area contributed by atoms with Crippen LogP contribution in [-0.4, -0.2) is 30.2 Å². The fourth-order valence-electron chi connectivity index (χ4n) is 2.97. The van der Waals surface area contributed by atoms with Gasteiger partial charge < -0.3 is 20.1 Å². The van der Waals surface area contributed by atoms with Crippen molar-refractivity contribution in [2.24, 2.45) is 5.73 Å². The van der Waals surface area contributed by atoms with Gasteiger partial charge in [0.25, 0.3) is 0 Å². The molecule has 0 saturated heterocycles. The number of carbonyl (C=O) groups is 1. The van der Waals surface area contributed by atoms with Crippen LogP contribution in [0.1, 0.15) is 43.9 Å². The summed E-state index contributed by atoms with van der Waals surface area (Å²) in [4.78, 5) is 14.0. The number of hydrogen-bond donors (Lipinski definition) is 1. The van der Waals surface area contributed by atoms with Crippen molar-refractivity contribution in [1.82, 2.24) is 4.90 Å². The van der Waals surface area contributed by atoms with Crippen molar-refractivity contribution in [3.05, 3.63) is 28.8 Å². The van der Waals surface area contributed by atoms with Gasteiger partial charge in [-0.1, -0.05) is 13.0 Å². The normalized spacial score (nSPS) is 17.1. The number of nitrogens with zero attached hydrogens (tertiary/aromatic N) is 1. The van der Waals surface area contributed by atoms with E-state index in [9.17, 15) is 4.79 Å². The predicted molar refractivity (Wildman–Crippen MR) is 85.9 cm³/mol. The largest absolute Gasteiger partial charge is 0.494 e. The van der Waals surface area contributed by atoms with Gasteiger partial charge in [-0.05, 0) is 43.9 Å². The lowest BCUT2D eigenvalue weighted by molar-refractivity contribution is 0.0813. The summed E-state index contributed by atoms with van der Waals surface area (Å²) in [5.74, 6) is 0.822. The van der Waals surface area contributed by atoms with E-state index in [2.05, 4.69) is 13.0 Å². The first-order valence-corrected chi connectivity index (χ1v) is 8.05. The van der Waals surface area contributed by atoms with E-state index in [1.807, 2.05) is 24.8 Å². The van der Waals surface area contributed by atoms with Crippen LogP contribution in [0.25, 0.3) is 0 Å². The van der Waals surface area contributed by atoms with Gasteiger partial charge >= 0.3 is 6.09 Å². The molecule has 1 atom stereocenters. The maximum atomic E-state index is 12.2. The van der Waals surface area contributed by atoms with Gasteiger partial charge in [0.2, 0.25) is 0 Å². The van der Waals surface area contributed by atoms with Gasteiger partial charge in [-0.2, -0.15) is 0 Å². The minimum Gasteiger partial charge on any atom is -0.494 e. The minimum atomic E-state index is -0.235. The quantitative estimate of drug-likeness (QED) is 0.908. The lowest BCUT2D eigenvalue weighted by Crippen LogP contribution is -2.44. The summed E-state index contributed by atoms with van der Waals surface area (Å²) in [6.45, 7) is 7.91. The first kappa shape index (κ1) is 16.6. The number of fused-ring (bicyclic) bond motifs is 1. The second-order valence-electron chi connectivity index (χ2n) is 5.46. The summed E-state index contributed by atoms with van der Waals surface area (Å²) >= 11 is 0. The van der Waals surface area contributed by atoms with E-state index < -0.39 is 0 Å². The Morgan fingerprint density at radius 2 is 2.05 bits per heavy atom. The Hall–Kier alpha value is -1.75. The van der Waals surface area contributed by atoms with Crippen LogP contribution in [0.4, 0.5) is 4.79 Å². The average molecular weight is 306 g/mol. The topological polar surface area (TPSA) is 64.8 Å². The molecular weight excluding hydrogens is 280 g/mol. The highest BCUT2D eigenvalue weighted by molar-refractivity contribution is 5.69. The molecule has 1 amide bonds. The molecule has 0 spiro atoms. The molecule has 1 heterocycles. The Morgan fingerprint density at radius 1 is 1.27 bits per heavy atom. The third-order valence-corrected chi connectivity index (χ3v) is 4.11. The molecule has 1 aliphatic rings. The van der Waals surface area contributed by atoms with Gasteiger partial charge in [-0.3, -0.25) is 0 Å². The van der Waals surface area contributed by atoms with Crippen LogP contribution >= 0.6 is 0 Å². The fourth-order valence-corrected chi connectivity index (χ4v) is 2.97. The maximum absolute atomic E-state index is 12.2. The number of nitrogens with two attached hydrogens (primary N) is 1. The van der Waals surface area contributed by atoms with Crippen LogP contribution < -0.4 is 10.5 Å². The first-order chi connectivity index (χ1) is 10.6. The van der Waals surface area contributed by atoms with E-state index in [1.54, 1.807) is 0 Å². The summed E-state index contributed by atoms with van der Waals surface area (Å²) < 4.78 is 10.9. The number of amides is 1. The van der Waals surface area contributed by atoms with Crippen molar-refractivity contribution >= 4 is 6.09 Å².